The summed E-state index contributed by atoms with van der Waals surface area (Å²) in [5, 5.41) is 3.54. The van der Waals surface area contributed by atoms with Crippen LogP contribution < -0.4 is 10.1 Å². The lowest BCUT2D eigenvalue weighted by Gasteiger charge is -2.31. The molecule has 1 aliphatic rings. The van der Waals surface area contributed by atoms with Gasteiger partial charge in [-0.05, 0) is 38.4 Å². The molecule has 1 N–H and O–H groups in total. The Morgan fingerprint density at radius 2 is 2.24 bits per heavy atom. The van der Waals surface area contributed by atoms with Crippen molar-refractivity contribution in [3.63, 3.8) is 0 Å². The highest BCUT2D eigenvalue weighted by Gasteiger charge is 2.26. The molecule has 1 fully saturated rings. The van der Waals surface area contributed by atoms with Crippen molar-refractivity contribution in [3.05, 3.63) is 24.0 Å². The molecular formula is C16H26N2O3. The molecule has 118 valence electrons. The van der Waals surface area contributed by atoms with Crippen molar-refractivity contribution in [2.24, 2.45) is 0 Å². The van der Waals surface area contributed by atoms with Crippen LogP contribution in [-0.2, 0) is 9.47 Å². The largest absolute Gasteiger partial charge is 0.489 e. The van der Waals surface area contributed by atoms with Crippen LogP contribution in [0.3, 0.4) is 0 Å². The molecule has 0 saturated carbocycles. The van der Waals surface area contributed by atoms with Gasteiger partial charge in [0.1, 0.15) is 11.9 Å². The molecule has 0 radical (unpaired) electrons. The van der Waals surface area contributed by atoms with Gasteiger partial charge in [-0.15, -0.1) is 0 Å². The van der Waals surface area contributed by atoms with Crippen molar-refractivity contribution >= 4 is 0 Å². The molecule has 5 heteroatoms. The molecule has 0 bridgehead atoms. The fourth-order valence-electron chi connectivity index (χ4n) is 2.40. The molecule has 2 unspecified atom stereocenters. The van der Waals surface area contributed by atoms with Gasteiger partial charge in [-0.25, -0.2) is 0 Å². The van der Waals surface area contributed by atoms with Crippen molar-refractivity contribution in [3.8, 4) is 5.75 Å². The average Bonchev–Trinajstić information content (AvgIpc) is 2.48. The minimum atomic E-state index is 0.0152. The highest BCUT2D eigenvalue weighted by atomic mass is 16.6. The molecule has 2 heterocycles. The van der Waals surface area contributed by atoms with Gasteiger partial charge in [-0.3, -0.25) is 4.98 Å². The first kappa shape index (κ1) is 16.2. The monoisotopic (exact) mass is 294 g/mol. The molecule has 1 saturated heterocycles. The summed E-state index contributed by atoms with van der Waals surface area (Å²) in [5.74, 6) is 0.794. The van der Waals surface area contributed by atoms with E-state index in [0.717, 1.165) is 24.3 Å². The van der Waals surface area contributed by atoms with E-state index in [-0.39, 0.29) is 18.2 Å². The fraction of sp³-hybridized carbons (Fsp3) is 0.688. The quantitative estimate of drug-likeness (QED) is 0.836. The van der Waals surface area contributed by atoms with E-state index in [0.29, 0.717) is 19.8 Å². The summed E-state index contributed by atoms with van der Waals surface area (Å²) >= 11 is 0. The fourth-order valence-corrected chi connectivity index (χ4v) is 2.40. The zero-order valence-corrected chi connectivity index (χ0v) is 13.2. The maximum atomic E-state index is 5.86. The van der Waals surface area contributed by atoms with E-state index in [9.17, 15) is 0 Å². The van der Waals surface area contributed by atoms with Gasteiger partial charge in [0.2, 0.25) is 0 Å². The minimum absolute atomic E-state index is 0.0152. The normalized spacial score (nSPS) is 20.5. The lowest BCUT2D eigenvalue weighted by Crippen LogP contribution is -2.41. The molecule has 2 atom stereocenters. The SMILES string of the molecule is CCCNC(c1cncc(OC(C)C)c1)C1COCCO1. The van der Waals surface area contributed by atoms with E-state index < -0.39 is 0 Å². The highest BCUT2D eigenvalue weighted by molar-refractivity contribution is 5.27. The Bertz CT molecular complexity index is 420. The lowest BCUT2D eigenvalue weighted by atomic mass is 10.0. The van der Waals surface area contributed by atoms with Crippen LogP contribution in [0.4, 0.5) is 0 Å². The third-order valence-electron chi connectivity index (χ3n) is 3.29. The van der Waals surface area contributed by atoms with E-state index in [1.54, 1.807) is 6.20 Å². The second-order valence-corrected chi connectivity index (χ2v) is 5.54. The summed E-state index contributed by atoms with van der Waals surface area (Å²) in [5.41, 5.74) is 1.08. The number of hydrogen-bond acceptors (Lipinski definition) is 5. The number of pyridine rings is 1. The predicted octanol–water partition coefficient (Wildman–Crippen LogP) is 2.32. The van der Waals surface area contributed by atoms with Crippen LogP contribution in [-0.4, -0.2) is 43.6 Å². The highest BCUT2D eigenvalue weighted by Crippen LogP contribution is 2.24. The van der Waals surface area contributed by atoms with Gasteiger partial charge in [0, 0.05) is 6.20 Å². The molecule has 0 spiro atoms. The van der Waals surface area contributed by atoms with Crippen LogP contribution in [0.15, 0.2) is 18.5 Å². The Hall–Kier alpha value is -1.17. The summed E-state index contributed by atoms with van der Waals surface area (Å²) in [6.45, 7) is 9.03. The number of rotatable bonds is 7. The first-order valence-electron chi connectivity index (χ1n) is 7.75. The number of aromatic nitrogens is 1. The molecule has 21 heavy (non-hydrogen) atoms. The molecule has 0 aliphatic carbocycles. The van der Waals surface area contributed by atoms with Crippen molar-refractivity contribution in [2.45, 2.75) is 45.4 Å². The molecular weight excluding hydrogens is 268 g/mol. The van der Waals surface area contributed by atoms with E-state index in [1.165, 1.54) is 0 Å². The summed E-state index contributed by atoms with van der Waals surface area (Å²) in [4.78, 5) is 4.30. The second kappa shape index (κ2) is 8.32. The van der Waals surface area contributed by atoms with E-state index in [4.69, 9.17) is 14.2 Å². The number of hydrogen-bond donors (Lipinski definition) is 1. The molecule has 1 aromatic rings. The standard InChI is InChI=1S/C16H26N2O3/c1-4-5-18-16(15-11-19-6-7-20-15)13-8-14(10-17-9-13)21-12(2)3/h8-10,12,15-16,18H,4-7,11H2,1-3H3. The van der Waals surface area contributed by atoms with Gasteiger partial charge in [0.15, 0.2) is 0 Å². The van der Waals surface area contributed by atoms with Crippen molar-refractivity contribution in [1.29, 1.82) is 0 Å². The van der Waals surface area contributed by atoms with Crippen LogP contribution in [0.5, 0.6) is 5.75 Å². The number of nitrogens with zero attached hydrogens (tertiary/aromatic N) is 1. The zero-order chi connectivity index (χ0) is 15.1. The zero-order valence-electron chi connectivity index (χ0n) is 13.2. The Balaban J connectivity index is 2.14. The summed E-state index contributed by atoms with van der Waals surface area (Å²) in [6, 6.07) is 2.12. The Morgan fingerprint density at radius 1 is 1.38 bits per heavy atom. The third kappa shape index (κ3) is 4.95. The summed E-state index contributed by atoms with van der Waals surface area (Å²) in [7, 11) is 0. The van der Waals surface area contributed by atoms with Crippen molar-refractivity contribution < 1.29 is 14.2 Å². The molecule has 0 aromatic carbocycles. The third-order valence-corrected chi connectivity index (χ3v) is 3.29. The average molecular weight is 294 g/mol. The maximum Gasteiger partial charge on any atom is 0.138 e. The molecule has 0 amide bonds. The van der Waals surface area contributed by atoms with Gasteiger partial charge in [0.05, 0.1) is 38.2 Å². The van der Waals surface area contributed by atoms with Crippen LogP contribution >= 0.6 is 0 Å². The number of nitrogens with one attached hydrogen (secondary N) is 1. The molecule has 1 aliphatic heterocycles. The summed E-state index contributed by atoms with van der Waals surface area (Å²) < 4.78 is 17.1. The Morgan fingerprint density at radius 3 is 2.90 bits per heavy atom. The van der Waals surface area contributed by atoms with E-state index in [2.05, 4.69) is 17.2 Å². The lowest BCUT2D eigenvalue weighted by molar-refractivity contribution is -0.102. The molecule has 1 aromatic heterocycles. The van der Waals surface area contributed by atoms with Gasteiger partial charge >= 0.3 is 0 Å². The minimum Gasteiger partial charge on any atom is -0.489 e. The van der Waals surface area contributed by atoms with Crippen LogP contribution in [0.1, 0.15) is 38.8 Å². The number of ether oxygens (including phenoxy) is 3. The summed E-state index contributed by atoms with van der Waals surface area (Å²) in [6.07, 6.45) is 4.84. The smallest absolute Gasteiger partial charge is 0.138 e. The Kier molecular flexibility index (Phi) is 6.42. The van der Waals surface area contributed by atoms with Crippen LogP contribution in [0.25, 0.3) is 0 Å². The van der Waals surface area contributed by atoms with Gasteiger partial charge in [-0.2, -0.15) is 0 Å². The van der Waals surface area contributed by atoms with Crippen LogP contribution in [0.2, 0.25) is 0 Å². The van der Waals surface area contributed by atoms with E-state index in [1.807, 2.05) is 26.1 Å². The van der Waals surface area contributed by atoms with E-state index >= 15 is 0 Å². The molecule has 2 rings (SSSR count). The van der Waals surface area contributed by atoms with Crippen molar-refractivity contribution in [2.75, 3.05) is 26.4 Å². The molecule has 5 nitrogen and oxygen atoms in total. The van der Waals surface area contributed by atoms with Crippen LogP contribution in [0, 0.1) is 0 Å². The Labute approximate surface area is 127 Å². The van der Waals surface area contributed by atoms with Gasteiger partial charge < -0.3 is 19.5 Å². The maximum absolute atomic E-state index is 5.86. The van der Waals surface area contributed by atoms with Gasteiger partial charge in [0.25, 0.3) is 0 Å². The predicted molar refractivity (Wildman–Crippen MR) is 81.6 cm³/mol. The van der Waals surface area contributed by atoms with Crippen molar-refractivity contribution in [1.82, 2.24) is 10.3 Å². The van der Waals surface area contributed by atoms with Gasteiger partial charge in [-0.1, -0.05) is 6.92 Å². The first-order valence-corrected chi connectivity index (χ1v) is 7.75. The first-order chi connectivity index (χ1) is 10.2. The topological polar surface area (TPSA) is 52.6 Å². The second-order valence-electron chi connectivity index (χ2n) is 5.54.